The van der Waals surface area contributed by atoms with Crippen LogP contribution in [0.2, 0.25) is 0 Å². The minimum Gasteiger partial charge on any atom is -0.350 e. The molecule has 0 saturated carbocycles. The summed E-state index contributed by atoms with van der Waals surface area (Å²) < 4.78 is 0. The fourth-order valence-corrected chi connectivity index (χ4v) is 2.54. The second-order valence-electron chi connectivity index (χ2n) is 4.98. The molecule has 0 aromatic carbocycles. The molecule has 104 valence electrons. The number of hydrogen-bond donors (Lipinski definition) is 2. The second-order valence-corrected chi connectivity index (χ2v) is 4.98. The highest BCUT2D eigenvalue weighted by molar-refractivity contribution is 5.86. The number of likely N-dealkylation sites (tertiary alicyclic amines) is 1. The third kappa shape index (κ3) is 3.85. The van der Waals surface area contributed by atoms with Crippen molar-refractivity contribution in [2.45, 2.75) is 44.7 Å². The van der Waals surface area contributed by atoms with Crippen LogP contribution in [0.3, 0.4) is 0 Å². The maximum atomic E-state index is 11.8. The van der Waals surface area contributed by atoms with Gasteiger partial charge in [-0.15, -0.1) is 12.4 Å². The molecule has 18 heavy (non-hydrogen) atoms. The van der Waals surface area contributed by atoms with Crippen LogP contribution in [0.1, 0.15) is 32.6 Å². The van der Waals surface area contributed by atoms with Gasteiger partial charge in [0.15, 0.2) is 0 Å². The van der Waals surface area contributed by atoms with Crippen LogP contribution in [-0.4, -0.2) is 48.4 Å². The molecule has 0 aromatic heterocycles. The van der Waals surface area contributed by atoms with E-state index in [2.05, 4.69) is 17.6 Å². The molecular formula is C12H22ClN3O2. The smallest absolute Gasteiger partial charge is 0.239 e. The van der Waals surface area contributed by atoms with Gasteiger partial charge in [-0.25, -0.2) is 0 Å². The van der Waals surface area contributed by atoms with Crippen molar-refractivity contribution < 1.29 is 9.59 Å². The lowest BCUT2D eigenvalue weighted by Crippen LogP contribution is -2.53. The average Bonchev–Trinajstić information content (AvgIpc) is 2.68. The molecule has 2 N–H and O–H groups in total. The zero-order valence-electron chi connectivity index (χ0n) is 10.8. The molecule has 6 heteroatoms. The highest BCUT2D eigenvalue weighted by atomic mass is 35.5. The van der Waals surface area contributed by atoms with Gasteiger partial charge in [0, 0.05) is 25.0 Å². The Hall–Kier alpha value is -0.810. The van der Waals surface area contributed by atoms with Gasteiger partial charge in [0.05, 0.1) is 6.54 Å². The number of rotatable bonds is 3. The molecule has 2 saturated heterocycles. The second kappa shape index (κ2) is 6.95. The minimum atomic E-state index is -0.0270. The van der Waals surface area contributed by atoms with Crippen LogP contribution in [0, 0.1) is 0 Å². The number of halogens is 1. The summed E-state index contributed by atoms with van der Waals surface area (Å²) in [7, 11) is 0. The van der Waals surface area contributed by atoms with Crippen LogP contribution in [0.25, 0.3) is 0 Å². The van der Waals surface area contributed by atoms with Crippen LogP contribution in [-0.2, 0) is 9.59 Å². The molecule has 2 unspecified atom stereocenters. The SMILES string of the molecule is CC1NCCCC1NC(=O)CN1CCCC1=O.Cl. The standard InChI is InChI=1S/C12H21N3O2.ClH/c1-9-10(4-2-6-13-9)14-11(16)8-15-7-3-5-12(15)17;/h9-10,13H,2-8H2,1H3,(H,14,16);1H. The molecular weight excluding hydrogens is 254 g/mol. The van der Waals surface area contributed by atoms with Gasteiger partial charge in [0.1, 0.15) is 0 Å². The molecule has 2 fully saturated rings. The zero-order chi connectivity index (χ0) is 12.3. The Morgan fingerprint density at radius 2 is 2.28 bits per heavy atom. The van der Waals surface area contributed by atoms with Crippen molar-refractivity contribution in [2.24, 2.45) is 0 Å². The average molecular weight is 276 g/mol. The molecule has 2 heterocycles. The molecule has 2 atom stereocenters. The van der Waals surface area contributed by atoms with Crippen molar-refractivity contribution >= 4 is 24.2 Å². The first-order valence-corrected chi connectivity index (χ1v) is 6.47. The maximum absolute atomic E-state index is 11.8. The van der Waals surface area contributed by atoms with E-state index in [1.54, 1.807) is 4.90 Å². The van der Waals surface area contributed by atoms with Crippen molar-refractivity contribution in [1.82, 2.24) is 15.5 Å². The lowest BCUT2D eigenvalue weighted by atomic mass is 10.00. The Bertz CT molecular complexity index is 312. The molecule has 0 bridgehead atoms. The van der Waals surface area contributed by atoms with Crippen molar-refractivity contribution in [3.8, 4) is 0 Å². The van der Waals surface area contributed by atoms with Crippen molar-refractivity contribution in [2.75, 3.05) is 19.6 Å². The van der Waals surface area contributed by atoms with Crippen LogP contribution in [0.5, 0.6) is 0 Å². The number of amides is 2. The summed E-state index contributed by atoms with van der Waals surface area (Å²) in [5.41, 5.74) is 0. The van der Waals surface area contributed by atoms with Gasteiger partial charge in [0.25, 0.3) is 0 Å². The van der Waals surface area contributed by atoms with Gasteiger partial charge in [-0.3, -0.25) is 9.59 Å². The topological polar surface area (TPSA) is 61.4 Å². The molecule has 0 aromatic rings. The van der Waals surface area contributed by atoms with E-state index in [9.17, 15) is 9.59 Å². The molecule has 2 amide bonds. The lowest BCUT2D eigenvalue weighted by Gasteiger charge is -2.31. The molecule has 2 aliphatic heterocycles. The first kappa shape index (κ1) is 15.2. The predicted octanol–water partition coefficient (Wildman–Crippen LogP) is 0.287. The molecule has 2 rings (SSSR count). The van der Waals surface area contributed by atoms with Gasteiger partial charge < -0.3 is 15.5 Å². The van der Waals surface area contributed by atoms with Crippen LogP contribution in [0.15, 0.2) is 0 Å². The first-order chi connectivity index (χ1) is 8.16. The quantitative estimate of drug-likeness (QED) is 0.778. The summed E-state index contributed by atoms with van der Waals surface area (Å²) in [4.78, 5) is 24.9. The van der Waals surface area contributed by atoms with E-state index < -0.39 is 0 Å². The minimum absolute atomic E-state index is 0. The van der Waals surface area contributed by atoms with Crippen LogP contribution in [0.4, 0.5) is 0 Å². The number of carbonyl (C=O) groups is 2. The summed E-state index contributed by atoms with van der Waals surface area (Å²) in [6.45, 7) is 4.07. The molecule has 0 radical (unpaired) electrons. The summed E-state index contributed by atoms with van der Waals surface area (Å²) in [6, 6.07) is 0.524. The number of nitrogens with zero attached hydrogens (tertiary/aromatic N) is 1. The van der Waals surface area contributed by atoms with E-state index in [0.717, 1.165) is 32.4 Å². The van der Waals surface area contributed by atoms with Gasteiger partial charge in [-0.1, -0.05) is 0 Å². The Morgan fingerprint density at radius 1 is 1.50 bits per heavy atom. The Balaban J connectivity index is 0.00000162. The van der Waals surface area contributed by atoms with Crippen LogP contribution < -0.4 is 10.6 Å². The fourth-order valence-electron chi connectivity index (χ4n) is 2.54. The predicted molar refractivity (Wildman–Crippen MR) is 71.7 cm³/mol. The summed E-state index contributed by atoms with van der Waals surface area (Å²) in [5, 5.41) is 6.37. The third-order valence-electron chi connectivity index (χ3n) is 3.61. The number of nitrogens with one attached hydrogen (secondary N) is 2. The van der Waals surface area contributed by atoms with E-state index in [-0.39, 0.29) is 36.8 Å². The van der Waals surface area contributed by atoms with Crippen molar-refractivity contribution in [3.05, 3.63) is 0 Å². The summed E-state index contributed by atoms with van der Waals surface area (Å²) in [6.07, 6.45) is 3.59. The maximum Gasteiger partial charge on any atom is 0.239 e. The Morgan fingerprint density at radius 3 is 2.89 bits per heavy atom. The fraction of sp³-hybridized carbons (Fsp3) is 0.833. The Kier molecular flexibility index (Phi) is 5.88. The third-order valence-corrected chi connectivity index (χ3v) is 3.61. The van der Waals surface area contributed by atoms with E-state index in [1.807, 2.05) is 0 Å². The number of carbonyl (C=O) groups excluding carboxylic acids is 2. The van der Waals surface area contributed by atoms with Crippen molar-refractivity contribution in [1.29, 1.82) is 0 Å². The van der Waals surface area contributed by atoms with Gasteiger partial charge in [-0.2, -0.15) is 0 Å². The normalized spacial score (nSPS) is 27.8. The molecule has 5 nitrogen and oxygen atoms in total. The van der Waals surface area contributed by atoms with E-state index >= 15 is 0 Å². The monoisotopic (exact) mass is 275 g/mol. The first-order valence-electron chi connectivity index (χ1n) is 6.47. The summed E-state index contributed by atoms with van der Waals surface area (Å²) >= 11 is 0. The van der Waals surface area contributed by atoms with E-state index in [1.165, 1.54) is 0 Å². The Labute approximate surface area is 114 Å². The molecule has 0 spiro atoms. The summed E-state index contributed by atoms with van der Waals surface area (Å²) in [5.74, 6) is 0.0794. The van der Waals surface area contributed by atoms with Crippen molar-refractivity contribution in [3.63, 3.8) is 0 Å². The highest BCUT2D eigenvalue weighted by Gasteiger charge is 2.26. The largest absolute Gasteiger partial charge is 0.350 e. The zero-order valence-corrected chi connectivity index (χ0v) is 11.6. The van der Waals surface area contributed by atoms with E-state index in [4.69, 9.17) is 0 Å². The van der Waals surface area contributed by atoms with Gasteiger partial charge in [-0.05, 0) is 32.7 Å². The highest BCUT2D eigenvalue weighted by Crippen LogP contribution is 2.10. The van der Waals surface area contributed by atoms with Gasteiger partial charge in [0.2, 0.25) is 11.8 Å². The molecule has 0 aliphatic carbocycles. The molecule has 2 aliphatic rings. The van der Waals surface area contributed by atoms with Crippen LogP contribution >= 0.6 is 12.4 Å². The number of hydrogen-bond acceptors (Lipinski definition) is 3. The van der Waals surface area contributed by atoms with E-state index in [0.29, 0.717) is 12.5 Å². The number of piperidine rings is 1. The lowest BCUT2D eigenvalue weighted by molar-refractivity contribution is -0.133. The van der Waals surface area contributed by atoms with Gasteiger partial charge >= 0.3 is 0 Å².